The summed E-state index contributed by atoms with van der Waals surface area (Å²) >= 11 is 2.97. The van der Waals surface area contributed by atoms with Gasteiger partial charge in [0, 0.05) is 0 Å². The Kier molecular flexibility index (Phi) is 2.26. The summed E-state index contributed by atoms with van der Waals surface area (Å²) in [6.45, 7) is 0. The molecule has 0 fully saturated rings. The van der Waals surface area contributed by atoms with Crippen LogP contribution < -0.4 is 0 Å². The fourth-order valence-corrected chi connectivity index (χ4v) is 1.46. The predicted octanol–water partition coefficient (Wildman–Crippen LogP) is 1.09. The largest absolute Gasteiger partial charge is 0.312 e. The number of aromatic nitrogens is 1. The molecular weight excluding hydrogens is 234 g/mol. The van der Waals surface area contributed by atoms with Crippen LogP contribution in [-0.4, -0.2) is 18.0 Å². The minimum Gasteiger partial charge on any atom is -0.281 e. The first-order valence-electron chi connectivity index (χ1n) is 2.60. The number of halogens is 1. The number of pyridine rings is 1. The Morgan fingerprint density at radius 1 is 1.45 bits per heavy atom. The average molecular weight is 238 g/mol. The first-order valence-corrected chi connectivity index (χ1v) is 4.83. The summed E-state index contributed by atoms with van der Waals surface area (Å²) in [6, 6.07) is 4.24. The van der Waals surface area contributed by atoms with E-state index in [2.05, 4.69) is 20.9 Å². The maximum absolute atomic E-state index is 10.5. The zero-order chi connectivity index (χ0) is 8.48. The third-order valence-corrected chi connectivity index (χ3v) is 2.15. The number of nitrogens with zero attached hydrogens (tertiary/aromatic N) is 1. The van der Waals surface area contributed by atoms with Crippen LogP contribution in [0.1, 0.15) is 0 Å². The highest BCUT2D eigenvalue weighted by atomic mass is 79.9. The maximum Gasteiger partial charge on any atom is 0.312 e. The Labute approximate surface area is 72.1 Å². The standard InChI is InChI=1S/C5H4BrNO3S/c6-4-2-1-3-5(7-4)11(8,9)10/h1-3H,(H,8,9,10). The van der Waals surface area contributed by atoms with E-state index in [9.17, 15) is 8.42 Å². The molecule has 4 nitrogen and oxygen atoms in total. The molecule has 0 saturated heterocycles. The van der Waals surface area contributed by atoms with Crippen LogP contribution >= 0.6 is 15.9 Å². The van der Waals surface area contributed by atoms with Crippen molar-refractivity contribution in [1.29, 1.82) is 0 Å². The molecule has 0 saturated carbocycles. The third-order valence-electron chi connectivity index (χ3n) is 0.954. The summed E-state index contributed by atoms with van der Waals surface area (Å²) in [5, 5.41) is -0.355. The normalized spacial score (nSPS) is 11.5. The summed E-state index contributed by atoms with van der Waals surface area (Å²) in [6.07, 6.45) is 0. The van der Waals surface area contributed by atoms with Crippen molar-refractivity contribution in [3.05, 3.63) is 22.8 Å². The summed E-state index contributed by atoms with van der Waals surface area (Å²) in [5.41, 5.74) is 0. The molecular formula is C5H4BrNO3S. The summed E-state index contributed by atoms with van der Waals surface area (Å²) in [5.74, 6) is 0. The van der Waals surface area contributed by atoms with Crippen LogP contribution in [0.25, 0.3) is 0 Å². The van der Waals surface area contributed by atoms with Crippen LogP contribution in [0, 0.1) is 0 Å². The van der Waals surface area contributed by atoms with Crippen molar-refractivity contribution in [2.24, 2.45) is 0 Å². The molecule has 0 amide bonds. The third kappa shape index (κ3) is 2.25. The zero-order valence-electron chi connectivity index (χ0n) is 5.23. The molecule has 1 aromatic rings. The molecule has 0 atom stereocenters. The highest BCUT2D eigenvalue weighted by Gasteiger charge is 2.09. The second-order valence-electron chi connectivity index (χ2n) is 1.77. The SMILES string of the molecule is O=S(=O)(O)c1cccc(Br)n1. The molecule has 1 rings (SSSR count). The van der Waals surface area contributed by atoms with E-state index in [-0.39, 0.29) is 5.03 Å². The topological polar surface area (TPSA) is 67.3 Å². The quantitative estimate of drug-likeness (QED) is 0.587. The molecule has 60 valence electrons. The Hall–Kier alpha value is -0.460. The summed E-state index contributed by atoms with van der Waals surface area (Å²) in [4.78, 5) is 3.52. The van der Waals surface area contributed by atoms with Crippen LogP contribution in [-0.2, 0) is 10.1 Å². The van der Waals surface area contributed by atoms with Crippen molar-refractivity contribution in [2.75, 3.05) is 0 Å². The molecule has 0 aliphatic heterocycles. The molecule has 0 aliphatic carbocycles. The van der Waals surface area contributed by atoms with Crippen LogP contribution in [0.4, 0.5) is 0 Å². The van der Waals surface area contributed by atoms with Crippen LogP contribution in [0.2, 0.25) is 0 Å². The average Bonchev–Trinajstić information content (AvgIpc) is 1.86. The van der Waals surface area contributed by atoms with Gasteiger partial charge in [0.15, 0.2) is 5.03 Å². The second kappa shape index (κ2) is 2.88. The van der Waals surface area contributed by atoms with Crippen molar-refractivity contribution in [3.63, 3.8) is 0 Å². The maximum atomic E-state index is 10.5. The molecule has 0 aliphatic rings. The molecule has 0 unspecified atom stereocenters. The van der Waals surface area contributed by atoms with Gasteiger partial charge >= 0.3 is 10.1 Å². The van der Waals surface area contributed by atoms with Crippen molar-refractivity contribution >= 4 is 26.0 Å². The van der Waals surface area contributed by atoms with Gasteiger partial charge in [0.1, 0.15) is 4.60 Å². The van der Waals surface area contributed by atoms with Gasteiger partial charge in [0.2, 0.25) is 0 Å². The van der Waals surface area contributed by atoms with E-state index < -0.39 is 10.1 Å². The Morgan fingerprint density at radius 3 is 2.45 bits per heavy atom. The lowest BCUT2D eigenvalue weighted by Crippen LogP contribution is -2.00. The van der Waals surface area contributed by atoms with Crippen molar-refractivity contribution in [3.8, 4) is 0 Å². The lowest BCUT2D eigenvalue weighted by Gasteiger charge is -1.94. The van der Waals surface area contributed by atoms with Crippen LogP contribution in [0.5, 0.6) is 0 Å². The minimum atomic E-state index is -4.17. The Bertz CT molecular complexity index is 362. The van der Waals surface area contributed by atoms with E-state index in [0.717, 1.165) is 0 Å². The van der Waals surface area contributed by atoms with Crippen LogP contribution in [0.15, 0.2) is 27.8 Å². The van der Waals surface area contributed by atoms with Gasteiger partial charge < -0.3 is 0 Å². The van der Waals surface area contributed by atoms with E-state index in [4.69, 9.17) is 4.55 Å². The minimum absolute atomic E-state index is 0.355. The zero-order valence-corrected chi connectivity index (χ0v) is 7.63. The van der Waals surface area contributed by atoms with Gasteiger partial charge in [-0.1, -0.05) is 6.07 Å². The van der Waals surface area contributed by atoms with Crippen molar-refractivity contribution < 1.29 is 13.0 Å². The van der Waals surface area contributed by atoms with E-state index in [1.807, 2.05) is 0 Å². The Morgan fingerprint density at radius 2 is 2.09 bits per heavy atom. The first-order chi connectivity index (χ1) is 5.00. The molecule has 6 heteroatoms. The fraction of sp³-hybridized carbons (Fsp3) is 0. The smallest absolute Gasteiger partial charge is 0.281 e. The number of rotatable bonds is 1. The molecule has 0 bridgehead atoms. The molecule has 1 N–H and O–H groups in total. The second-order valence-corrected chi connectivity index (χ2v) is 3.95. The van der Waals surface area contributed by atoms with E-state index in [1.165, 1.54) is 12.1 Å². The van der Waals surface area contributed by atoms with Gasteiger partial charge in [-0.3, -0.25) is 4.55 Å². The van der Waals surface area contributed by atoms with Gasteiger partial charge in [-0.2, -0.15) is 8.42 Å². The van der Waals surface area contributed by atoms with Crippen molar-refractivity contribution in [2.45, 2.75) is 5.03 Å². The van der Waals surface area contributed by atoms with Crippen molar-refractivity contribution in [1.82, 2.24) is 4.98 Å². The Balaban J connectivity index is 3.28. The molecule has 11 heavy (non-hydrogen) atoms. The summed E-state index contributed by atoms with van der Waals surface area (Å²) < 4.78 is 29.8. The predicted molar refractivity (Wildman–Crippen MR) is 41.8 cm³/mol. The molecule has 0 radical (unpaired) electrons. The monoisotopic (exact) mass is 237 g/mol. The number of hydrogen-bond donors (Lipinski definition) is 1. The van der Waals surface area contributed by atoms with E-state index in [1.54, 1.807) is 6.07 Å². The van der Waals surface area contributed by atoms with Gasteiger partial charge in [0.25, 0.3) is 0 Å². The number of hydrogen-bond acceptors (Lipinski definition) is 3. The molecule has 1 aromatic heterocycles. The molecule has 0 aromatic carbocycles. The van der Waals surface area contributed by atoms with Gasteiger partial charge in [-0.05, 0) is 28.1 Å². The lowest BCUT2D eigenvalue weighted by molar-refractivity contribution is 0.479. The lowest BCUT2D eigenvalue weighted by atomic mass is 10.5. The van der Waals surface area contributed by atoms with Gasteiger partial charge in [-0.25, -0.2) is 4.98 Å². The first kappa shape index (κ1) is 8.63. The molecule has 0 spiro atoms. The van der Waals surface area contributed by atoms with Gasteiger partial charge in [-0.15, -0.1) is 0 Å². The van der Waals surface area contributed by atoms with E-state index >= 15 is 0 Å². The van der Waals surface area contributed by atoms with Crippen LogP contribution in [0.3, 0.4) is 0 Å². The fourth-order valence-electron chi connectivity index (χ4n) is 0.533. The highest BCUT2D eigenvalue weighted by molar-refractivity contribution is 9.10. The summed E-state index contributed by atoms with van der Waals surface area (Å²) in [7, 11) is -4.17. The molecule has 1 heterocycles. The highest BCUT2D eigenvalue weighted by Crippen LogP contribution is 2.09. The van der Waals surface area contributed by atoms with Gasteiger partial charge in [0.05, 0.1) is 0 Å². The van der Waals surface area contributed by atoms with E-state index in [0.29, 0.717) is 4.60 Å².